The summed E-state index contributed by atoms with van der Waals surface area (Å²) in [5, 5.41) is 0. The number of methoxy groups -OCH3 is 1. The highest BCUT2D eigenvalue weighted by molar-refractivity contribution is 5.70. The molecule has 2 rings (SSSR count). The maximum Gasteiger partial charge on any atom is 0.410 e. The van der Waals surface area contributed by atoms with E-state index < -0.39 is 18.3 Å². The van der Waals surface area contributed by atoms with Gasteiger partial charge in [-0.05, 0) is 24.6 Å². The summed E-state index contributed by atoms with van der Waals surface area (Å²) in [4.78, 5) is 13.0. The molecule has 1 aromatic carbocycles. The summed E-state index contributed by atoms with van der Waals surface area (Å²) in [5.74, 6) is 0.748. The smallest absolute Gasteiger partial charge is 0.410 e. The number of ether oxygens (including phenoxy) is 2. The molecule has 1 aliphatic heterocycles. The molecule has 0 spiro atoms. The van der Waals surface area contributed by atoms with Crippen molar-refractivity contribution in [2.45, 2.75) is 25.7 Å². The van der Waals surface area contributed by atoms with Gasteiger partial charge in [-0.3, -0.25) is 4.90 Å². The third kappa shape index (κ3) is 2.55. The summed E-state index contributed by atoms with van der Waals surface area (Å²) in [6.07, 6.45) is -1.56. The van der Waals surface area contributed by atoms with Crippen molar-refractivity contribution in [3.05, 3.63) is 29.8 Å². The number of halogens is 1. The molecule has 0 unspecified atom stereocenters. The number of cyclic esters (lactones) is 1. The van der Waals surface area contributed by atoms with E-state index >= 15 is 0 Å². The van der Waals surface area contributed by atoms with E-state index in [4.69, 9.17) is 9.47 Å². The van der Waals surface area contributed by atoms with Gasteiger partial charge in [-0.1, -0.05) is 12.1 Å². The summed E-state index contributed by atoms with van der Waals surface area (Å²) >= 11 is 0. The van der Waals surface area contributed by atoms with Crippen LogP contribution in [-0.4, -0.2) is 36.9 Å². The predicted molar refractivity (Wildman–Crippen MR) is 64.2 cm³/mol. The van der Waals surface area contributed by atoms with Crippen LogP contribution in [0.3, 0.4) is 0 Å². The molecule has 5 heteroatoms. The molecule has 0 N–H and O–H groups in total. The second-order valence-electron chi connectivity index (χ2n) is 4.30. The van der Waals surface area contributed by atoms with E-state index in [1.807, 2.05) is 24.3 Å². The molecule has 0 radical (unpaired) electrons. The average Bonchev–Trinajstić information content (AvgIpc) is 2.72. The van der Waals surface area contributed by atoms with Crippen LogP contribution in [0.1, 0.15) is 12.5 Å². The highest BCUT2D eigenvalue weighted by Gasteiger charge is 2.36. The lowest BCUT2D eigenvalue weighted by Gasteiger charge is -2.22. The number of hydrogen-bond donors (Lipinski definition) is 0. The normalized spacial score (nSPS) is 20.7. The van der Waals surface area contributed by atoms with Crippen molar-refractivity contribution in [2.75, 3.05) is 13.7 Å². The molecule has 1 heterocycles. The molecule has 1 fully saturated rings. The Labute approximate surface area is 105 Å². The van der Waals surface area contributed by atoms with E-state index in [1.54, 1.807) is 7.11 Å². The Hall–Kier alpha value is -1.78. The molecule has 1 aromatic rings. The minimum Gasteiger partial charge on any atom is -0.497 e. The van der Waals surface area contributed by atoms with E-state index in [9.17, 15) is 9.18 Å². The molecule has 4 nitrogen and oxygen atoms in total. The molecule has 0 aliphatic carbocycles. The Morgan fingerprint density at radius 2 is 2.17 bits per heavy atom. The number of carbonyl (C=O) groups is 1. The van der Waals surface area contributed by atoms with Gasteiger partial charge in [-0.15, -0.1) is 0 Å². The molecule has 98 valence electrons. The van der Waals surface area contributed by atoms with Gasteiger partial charge < -0.3 is 9.47 Å². The van der Waals surface area contributed by atoms with E-state index in [0.717, 1.165) is 11.3 Å². The number of hydrogen-bond acceptors (Lipinski definition) is 3. The van der Waals surface area contributed by atoms with Crippen LogP contribution in [0.4, 0.5) is 9.18 Å². The highest BCUT2D eigenvalue weighted by atomic mass is 19.1. The van der Waals surface area contributed by atoms with Crippen molar-refractivity contribution in [2.24, 2.45) is 0 Å². The summed E-state index contributed by atoms with van der Waals surface area (Å²) in [5.41, 5.74) is 0.917. The van der Waals surface area contributed by atoms with Crippen LogP contribution in [0.5, 0.6) is 5.75 Å². The Morgan fingerprint density at radius 3 is 2.72 bits per heavy atom. The lowest BCUT2D eigenvalue weighted by molar-refractivity contribution is 0.150. The average molecular weight is 253 g/mol. The first-order valence-electron chi connectivity index (χ1n) is 5.82. The highest BCUT2D eigenvalue weighted by Crippen LogP contribution is 2.21. The van der Waals surface area contributed by atoms with Crippen molar-refractivity contribution < 1.29 is 18.7 Å². The lowest BCUT2D eigenvalue weighted by atomic mass is 10.1. The van der Waals surface area contributed by atoms with Gasteiger partial charge in [-0.2, -0.15) is 0 Å². The molecular formula is C13H16FNO3. The van der Waals surface area contributed by atoms with Crippen LogP contribution in [0.2, 0.25) is 0 Å². The summed E-state index contributed by atoms with van der Waals surface area (Å²) < 4.78 is 23.3. The Kier molecular flexibility index (Phi) is 3.69. The first kappa shape index (κ1) is 12.7. The van der Waals surface area contributed by atoms with Crippen molar-refractivity contribution >= 4 is 6.09 Å². The fourth-order valence-electron chi connectivity index (χ4n) is 1.95. The molecule has 0 aromatic heterocycles. The van der Waals surface area contributed by atoms with Crippen molar-refractivity contribution in [1.29, 1.82) is 0 Å². The van der Waals surface area contributed by atoms with Gasteiger partial charge in [0.2, 0.25) is 0 Å². The van der Waals surface area contributed by atoms with Gasteiger partial charge in [0.1, 0.15) is 24.6 Å². The van der Waals surface area contributed by atoms with Gasteiger partial charge in [0, 0.05) is 6.54 Å². The standard InChI is InChI=1S/C13H16FNO3/c1-9(14)12-8-18-13(16)15(12)7-10-3-5-11(17-2)6-4-10/h3-6,9,12H,7-8H2,1-2H3/t9-,12+/m1/s1. The van der Waals surface area contributed by atoms with Gasteiger partial charge in [0.05, 0.1) is 7.11 Å². The minimum atomic E-state index is -1.10. The van der Waals surface area contributed by atoms with Crippen molar-refractivity contribution in [3.8, 4) is 5.75 Å². The van der Waals surface area contributed by atoms with Crippen LogP contribution in [0, 0.1) is 0 Å². The second kappa shape index (κ2) is 5.25. The first-order chi connectivity index (χ1) is 8.61. The third-order valence-electron chi connectivity index (χ3n) is 3.05. The van der Waals surface area contributed by atoms with Gasteiger partial charge in [0.25, 0.3) is 0 Å². The molecule has 0 bridgehead atoms. The Morgan fingerprint density at radius 1 is 1.50 bits per heavy atom. The molecule has 1 amide bonds. The quantitative estimate of drug-likeness (QED) is 0.827. The first-order valence-corrected chi connectivity index (χ1v) is 5.82. The number of rotatable bonds is 4. The largest absolute Gasteiger partial charge is 0.497 e. The van der Waals surface area contributed by atoms with Crippen LogP contribution in [0.15, 0.2) is 24.3 Å². The zero-order valence-corrected chi connectivity index (χ0v) is 10.4. The maximum atomic E-state index is 13.4. The fourth-order valence-corrected chi connectivity index (χ4v) is 1.95. The lowest BCUT2D eigenvalue weighted by Crippen LogP contribution is -2.38. The fraction of sp³-hybridized carbons (Fsp3) is 0.462. The summed E-state index contributed by atoms with van der Waals surface area (Å²) in [6, 6.07) is 6.82. The number of nitrogens with zero attached hydrogens (tertiary/aromatic N) is 1. The molecule has 18 heavy (non-hydrogen) atoms. The van der Waals surface area contributed by atoms with Crippen molar-refractivity contribution in [1.82, 2.24) is 4.90 Å². The van der Waals surface area contributed by atoms with Gasteiger partial charge >= 0.3 is 6.09 Å². The number of benzene rings is 1. The molecule has 0 saturated carbocycles. The number of amides is 1. The Bertz CT molecular complexity index is 419. The zero-order valence-electron chi connectivity index (χ0n) is 10.4. The van der Waals surface area contributed by atoms with Crippen LogP contribution in [0.25, 0.3) is 0 Å². The van der Waals surface area contributed by atoms with Gasteiger partial charge in [-0.25, -0.2) is 9.18 Å². The van der Waals surface area contributed by atoms with Crippen molar-refractivity contribution in [3.63, 3.8) is 0 Å². The second-order valence-corrected chi connectivity index (χ2v) is 4.30. The molecular weight excluding hydrogens is 237 g/mol. The zero-order chi connectivity index (χ0) is 13.1. The van der Waals surface area contributed by atoms with Crippen LogP contribution in [-0.2, 0) is 11.3 Å². The Balaban J connectivity index is 2.08. The van der Waals surface area contributed by atoms with Crippen LogP contribution >= 0.6 is 0 Å². The molecule has 2 atom stereocenters. The van der Waals surface area contributed by atoms with E-state index in [2.05, 4.69) is 0 Å². The van der Waals surface area contributed by atoms with Gasteiger partial charge in [0.15, 0.2) is 0 Å². The topological polar surface area (TPSA) is 38.8 Å². The van der Waals surface area contributed by atoms with E-state index in [1.165, 1.54) is 11.8 Å². The maximum absolute atomic E-state index is 13.4. The van der Waals surface area contributed by atoms with E-state index in [0.29, 0.717) is 6.54 Å². The van der Waals surface area contributed by atoms with E-state index in [-0.39, 0.29) is 6.61 Å². The SMILES string of the molecule is COc1ccc(CN2C(=O)OC[C@H]2[C@@H](C)F)cc1. The van der Waals surface area contributed by atoms with Crippen LogP contribution < -0.4 is 4.74 Å². The summed E-state index contributed by atoms with van der Waals surface area (Å²) in [7, 11) is 1.59. The molecule has 1 aliphatic rings. The summed E-state index contributed by atoms with van der Waals surface area (Å²) in [6.45, 7) is 1.90. The minimum absolute atomic E-state index is 0.118. The monoisotopic (exact) mass is 253 g/mol. The molecule has 1 saturated heterocycles. The number of carbonyl (C=O) groups excluding carboxylic acids is 1. The number of alkyl halides is 1. The predicted octanol–water partition coefficient (Wildman–Crippen LogP) is 2.37. The third-order valence-corrected chi connectivity index (χ3v) is 3.05.